The van der Waals surface area contributed by atoms with Crippen molar-refractivity contribution in [3.05, 3.63) is 12.7 Å². The van der Waals surface area contributed by atoms with E-state index in [2.05, 4.69) is 20.4 Å². The number of unbranched alkanes of at least 4 members (excludes halogenated alkanes) is 11. The molecule has 1 N–H and O–H groups in total. The topological polar surface area (TPSA) is 20.2 Å². The molecule has 0 aliphatic carbocycles. The molecule has 0 heterocycles. The Hall–Kier alpha value is -0.300. The van der Waals surface area contributed by atoms with Crippen LogP contribution < -0.4 is 0 Å². The molecule has 0 radical (unpaired) electrons. The molecular weight excluding hydrogens is 232 g/mol. The fourth-order valence-electron chi connectivity index (χ4n) is 1.96. The van der Waals surface area contributed by atoms with Crippen LogP contribution in [0.1, 0.15) is 97.3 Å². The molecule has 116 valence electrons. The Morgan fingerprint density at radius 1 is 0.684 bits per heavy atom. The fraction of sp³-hybridized carbons (Fsp3) is 0.889. The average Bonchev–Trinajstić information content (AvgIpc) is 2.44. The minimum atomic E-state index is 0.370. The summed E-state index contributed by atoms with van der Waals surface area (Å²) in [7, 11) is 0. The maximum atomic E-state index is 8.51. The van der Waals surface area contributed by atoms with Crippen molar-refractivity contribution >= 4 is 0 Å². The van der Waals surface area contributed by atoms with Gasteiger partial charge >= 0.3 is 0 Å². The van der Waals surface area contributed by atoms with E-state index in [1.165, 1.54) is 77.0 Å². The Morgan fingerprint density at radius 3 is 1.53 bits per heavy atom. The van der Waals surface area contributed by atoms with Crippen molar-refractivity contribution in [1.82, 2.24) is 0 Å². The van der Waals surface area contributed by atoms with Gasteiger partial charge in [0.15, 0.2) is 0 Å². The fourth-order valence-corrected chi connectivity index (χ4v) is 1.96. The molecule has 0 bridgehead atoms. The van der Waals surface area contributed by atoms with Gasteiger partial charge in [-0.05, 0) is 19.3 Å². The first-order chi connectivity index (χ1) is 9.33. The van der Waals surface area contributed by atoms with E-state index in [0.29, 0.717) is 6.61 Å². The highest BCUT2D eigenvalue weighted by molar-refractivity contribution is 4.64. The Balaban J connectivity index is 0. The highest BCUT2D eigenvalue weighted by Gasteiger charge is 1.89. The lowest BCUT2D eigenvalue weighted by Crippen LogP contribution is -1.83. The predicted molar refractivity (Wildman–Crippen MR) is 88.7 cm³/mol. The first kappa shape index (κ1) is 21.0. The summed E-state index contributed by atoms with van der Waals surface area (Å²) in [6, 6.07) is 0. The van der Waals surface area contributed by atoms with Crippen LogP contribution in [0.5, 0.6) is 0 Å². The summed E-state index contributed by atoms with van der Waals surface area (Å²) in [6.07, 6.45) is 19.0. The molecule has 0 aliphatic rings. The predicted octanol–water partition coefficient (Wildman–Crippen LogP) is 6.26. The van der Waals surface area contributed by atoms with E-state index in [1.54, 1.807) is 0 Å². The summed E-state index contributed by atoms with van der Waals surface area (Å²) in [5.74, 6) is 0. The molecule has 0 spiro atoms. The van der Waals surface area contributed by atoms with Gasteiger partial charge in [-0.25, -0.2) is 0 Å². The highest BCUT2D eigenvalue weighted by atomic mass is 16.2. The normalized spacial score (nSPS) is 9.84. The molecule has 1 heteroatoms. The quantitative estimate of drug-likeness (QED) is 0.309. The largest absolute Gasteiger partial charge is 0.396 e. The van der Waals surface area contributed by atoms with Gasteiger partial charge in [0.1, 0.15) is 0 Å². The highest BCUT2D eigenvalue weighted by Crippen LogP contribution is 2.07. The van der Waals surface area contributed by atoms with Crippen molar-refractivity contribution in [2.24, 2.45) is 0 Å². The second kappa shape index (κ2) is 22.8. The molecule has 0 saturated heterocycles. The van der Waals surface area contributed by atoms with Gasteiger partial charge in [-0.2, -0.15) is 0 Å². The van der Waals surface area contributed by atoms with Crippen molar-refractivity contribution in [2.45, 2.75) is 97.3 Å². The third-order valence-corrected chi connectivity index (χ3v) is 3.27. The number of hydrogen-bond acceptors (Lipinski definition) is 1. The summed E-state index contributed by atoms with van der Waals surface area (Å²) in [6.45, 7) is 8.50. The van der Waals surface area contributed by atoms with E-state index < -0.39 is 0 Å². The lowest BCUT2D eigenvalue weighted by Gasteiger charge is -1.98. The minimum absolute atomic E-state index is 0.370. The van der Waals surface area contributed by atoms with Crippen LogP contribution in [0.15, 0.2) is 12.7 Å². The van der Waals surface area contributed by atoms with Crippen LogP contribution in [0, 0.1) is 0 Å². The molecule has 0 atom stereocenters. The van der Waals surface area contributed by atoms with Crippen molar-refractivity contribution < 1.29 is 5.11 Å². The molecule has 0 aromatic rings. The molecule has 0 amide bonds. The van der Waals surface area contributed by atoms with E-state index in [1.807, 2.05) is 6.08 Å². The van der Waals surface area contributed by atoms with Gasteiger partial charge in [0.05, 0.1) is 0 Å². The molecule has 0 aromatic carbocycles. The van der Waals surface area contributed by atoms with Crippen LogP contribution in [0.2, 0.25) is 0 Å². The summed E-state index contributed by atoms with van der Waals surface area (Å²) < 4.78 is 0. The van der Waals surface area contributed by atoms with E-state index in [0.717, 1.165) is 6.42 Å². The molecule has 0 aromatic heterocycles. The average molecular weight is 271 g/mol. The van der Waals surface area contributed by atoms with Crippen LogP contribution in [-0.2, 0) is 0 Å². The van der Waals surface area contributed by atoms with Crippen molar-refractivity contribution in [3.63, 3.8) is 0 Å². The van der Waals surface area contributed by atoms with Gasteiger partial charge in [-0.15, -0.1) is 6.58 Å². The smallest absolute Gasteiger partial charge is 0.0431 e. The monoisotopic (exact) mass is 270 g/mol. The van der Waals surface area contributed by atoms with Gasteiger partial charge < -0.3 is 5.11 Å². The van der Waals surface area contributed by atoms with Gasteiger partial charge in [0, 0.05) is 6.61 Å². The lowest BCUT2D eigenvalue weighted by molar-refractivity contribution is 0.282. The maximum absolute atomic E-state index is 8.51. The van der Waals surface area contributed by atoms with Gasteiger partial charge in [-0.1, -0.05) is 84.1 Å². The van der Waals surface area contributed by atoms with Gasteiger partial charge in [-0.3, -0.25) is 0 Å². The minimum Gasteiger partial charge on any atom is -0.396 e. The van der Waals surface area contributed by atoms with E-state index in [9.17, 15) is 0 Å². The Kier molecular flexibility index (Phi) is 25.3. The first-order valence-corrected chi connectivity index (χ1v) is 8.55. The number of rotatable bonds is 13. The molecule has 0 saturated carbocycles. The molecule has 0 unspecified atom stereocenters. The van der Waals surface area contributed by atoms with Crippen molar-refractivity contribution in [3.8, 4) is 0 Å². The Labute approximate surface area is 122 Å². The van der Waals surface area contributed by atoms with Crippen LogP contribution in [0.4, 0.5) is 0 Å². The van der Waals surface area contributed by atoms with E-state index >= 15 is 0 Å². The van der Waals surface area contributed by atoms with Crippen molar-refractivity contribution in [2.75, 3.05) is 6.61 Å². The molecule has 0 aliphatic heterocycles. The van der Waals surface area contributed by atoms with Crippen LogP contribution in [-0.4, -0.2) is 11.7 Å². The second-order valence-electron chi connectivity index (χ2n) is 5.34. The van der Waals surface area contributed by atoms with Crippen LogP contribution in [0.3, 0.4) is 0 Å². The maximum Gasteiger partial charge on any atom is 0.0431 e. The lowest BCUT2D eigenvalue weighted by atomic mass is 10.1. The Bertz CT molecular complexity index is 135. The summed E-state index contributed by atoms with van der Waals surface area (Å²) in [5, 5.41) is 8.51. The second-order valence-corrected chi connectivity index (χ2v) is 5.34. The number of aliphatic hydroxyl groups is 1. The molecular formula is C18H38O. The molecule has 1 nitrogen and oxygen atoms in total. The summed E-state index contributed by atoms with van der Waals surface area (Å²) in [4.78, 5) is 0. The van der Waals surface area contributed by atoms with Crippen LogP contribution >= 0.6 is 0 Å². The molecule has 19 heavy (non-hydrogen) atoms. The third kappa shape index (κ3) is 27.0. The molecule has 0 fully saturated rings. The summed E-state index contributed by atoms with van der Waals surface area (Å²) in [5.41, 5.74) is 0. The first-order valence-electron chi connectivity index (χ1n) is 8.55. The van der Waals surface area contributed by atoms with Gasteiger partial charge in [0.2, 0.25) is 0 Å². The zero-order chi connectivity index (χ0) is 14.6. The van der Waals surface area contributed by atoms with E-state index in [4.69, 9.17) is 5.11 Å². The number of aliphatic hydroxyl groups excluding tert-OH is 1. The Morgan fingerprint density at radius 2 is 1.11 bits per heavy atom. The number of hydrogen-bond donors (Lipinski definition) is 1. The number of allylic oxidation sites excluding steroid dienone is 1. The standard InChI is InChI=1S/C10H22O.C8H16/c1-2-3-4-5-6-7-8-9-10-11;1-3-5-7-8-6-4-2/h11H,2-10H2,1H3;3H,1,4-8H2,2H3. The van der Waals surface area contributed by atoms with Crippen molar-refractivity contribution in [1.29, 1.82) is 0 Å². The summed E-state index contributed by atoms with van der Waals surface area (Å²) >= 11 is 0. The van der Waals surface area contributed by atoms with E-state index in [-0.39, 0.29) is 0 Å². The van der Waals surface area contributed by atoms with Crippen LogP contribution in [0.25, 0.3) is 0 Å². The molecule has 0 rings (SSSR count). The SMILES string of the molecule is C=CCCCCCC.CCCCCCCCCCO. The zero-order valence-corrected chi connectivity index (χ0v) is 13.6. The van der Waals surface area contributed by atoms with Gasteiger partial charge in [0.25, 0.3) is 0 Å². The third-order valence-electron chi connectivity index (χ3n) is 3.27. The zero-order valence-electron chi connectivity index (χ0n) is 13.6.